The first-order valence-electron chi connectivity index (χ1n) is 4.99. The summed E-state index contributed by atoms with van der Waals surface area (Å²) >= 11 is 0. The average Bonchev–Trinajstić information content (AvgIpc) is 2.28. The number of hydrogen-bond donors (Lipinski definition) is 2. The van der Waals surface area contributed by atoms with Crippen LogP contribution in [0.4, 0.5) is 11.4 Å². The Morgan fingerprint density at radius 2 is 2.44 bits per heavy atom. The number of nitrogens with one attached hydrogen (secondary N) is 2. The Kier molecular flexibility index (Phi) is 2.69. The molecule has 0 saturated carbocycles. The molecule has 1 aromatic carbocycles. The van der Waals surface area contributed by atoms with E-state index in [9.17, 15) is 4.79 Å². The molecule has 2 rings (SSSR count). The summed E-state index contributed by atoms with van der Waals surface area (Å²) in [5.74, 6) is 3.02. The van der Waals surface area contributed by atoms with Gasteiger partial charge in [-0.25, -0.2) is 0 Å². The predicted octanol–water partition coefficient (Wildman–Crippen LogP) is 1.45. The van der Waals surface area contributed by atoms with Gasteiger partial charge in [0, 0.05) is 5.69 Å². The maximum absolute atomic E-state index is 11.4. The Morgan fingerprint density at radius 3 is 3.19 bits per heavy atom. The summed E-state index contributed by atoms with van der Waals surface area (Å²) in [7, 11) is 0. The Balaban J connectivity index is 2.23. The Hall–Kier alpha value is -2.15. The molecule has 1 atom stereocenters. The molecule has 1 unspecified atom stereocenters. The SMILES string of the molecule is C#CCNc1ccc2c(c1)NC(=O)C(C)O2. The van der Waals surface area contributed by atoms with Crippen LogP contribution in [0.1, 0.15) is 6.92 Å². The number of ether oxygens (including phenoxy) is 1. The molecule has 0 aromatic heterocycles. The highest BCUT2D eigenvalue weighted by Gasteiger charge is 2.23. The molecule has 16 heavy (non-hydrogen) atoms. The van der Waals surface area contributed by atoms with E-state index in [2.05, 4.69) is 16.6 Å². The number of hydrogen-bond acceptors (Lipinski definition) is 3. The van der Waals surface area contributed by atoms with Gasteiger partial charge in [-0.3, -0.25) is 4.79 Å². The highest BCUT2D eigenvalue weighted by Crippen LogP contribution is 2.31. The summed E-state index contributed by atoms with van der Waals surface area (Å²) < 4.78 is 5.42. The number of carbonyl (C=O) groups is 1. The second kappa shape index (κ2) is 4.15. The molecule has 1 aliphatic heterocycles. The highest BCUT2D eigenvalue weighted by molar-refractivity contribution is 5.98. The van der Waals surface area contributed by atoms with E-state index in [1.807, 2.05) is 12.1 Å². The van der Waals surface area contributed by atoms with Gasteiger partial charge in [-0.1, -0.05) is 5.92 Å². The van der Waals surface area contributed by atoms with Crippen molar-refractivity contribution in [3.05, 3.63) is 18.2 Å². The molecular formula is C12H12N2O2. The van der Waals surface area contributed by atoms with Crippen molar-refractivity contribution in [1.29, 1.82) is 0 Å². The van der Waals surface area contributed by atoms with E-state index in [4.69, 9.17) is 11.2 Å². The summed E-state index contributed by atoms with van der Waals surface area (Å²) in [4.78, 5) is 11.4. The molecule has 1 aromatic rings. The third-order valence-corrected chi connectivity index (χ3v) is 2.30. The number of amides is 1. The minimum atomic E-state index is -0.447. The lowest BCUT2D eigenvalue weighted by molar-refractivity contribution is -0.122. The van der Waals surface area contributed by atoms with Crippen LogP contribution in [0.2, 0.25) is 0 Å². The molecule has 1 amide bonds. The molecule has 0 bridgehead atoms. The maximum atomic E-state index is 11.4. The van der Waals surface area contributed by atoms with Crippen LogP contribution in [0.15, 0.2) is 18.2 Å². The number of benzene rings is 1. The van der Waals surface area contributed by atoms with Gasteiger partial charge in [-0.05, 0) is 25.1 Å². The largest absolute Gasteiger partial charge is 0.479 e. The second-order valence-corrected chi connectivity index (χ2v) is 3.52. The van der Waals surface area contributed by atoms with Crippen molar-refractivity contribution in [3.8, 4) is 18.1 Å². The van der Waals surface area contributed by atoms with Crippen LogP contribution in [-0.4, -0.2) is 18.6 Å². The third kappa shape index (κ3) is 1.94. The number of rotatable bonds is 2. The van der Waals surface area contributed by atoms with Gasteiger partial charge in [0.1, 0.15) is 5.75 Å². The van der Waals surface area contributed by atoms with Crippen LogP contribution in [0.5, 0.6) is 5.75 Å². The quantitative estimate of drug-likeness (QED) is 0.736. The van der Waals surface area contributed by atoms with Crippen molar-refractivity contribution < 1.29 is 9.53 Å². The van der Waals surface area contributed by atoms with Crippen molar-refractivity contribution in [2.24, 2.45) is 0 Å². The summed E-state index contributed by atoms with van der Waals surface area (Å²) in [6.07, 6.45) is 4.70. The maximum Gasteiger partial charge on any atom is 0.265 e. The van der Waals surface area contributed by atoms with Crippen molar-refractivity contribution >= 4 is 17.3 Å². The first-order chi connectivity index (χ1) is 7.70. The lowest BCUT2D eigenvalue weighted by Crippen LogP contribution is -2.34. The van der Waals surface area contributed by atoms with E-state index in [-0.39, 0.29) is 5.91 Å². The van der Waals surface area contributed by atoms with Crippen LogP contribution >= 0.6 is 0 Å². The third-order valence-electron chi connectivity index (χ3n) is 2.30. The Morgan fingerprint density at radius 1 is 1.62 bits per heavy atom. The van der Waals surface area contributed by atoms with E-state index in [0.717, 1.165) is 5.69 Å². The molecule has 0 aliphatic carbocycles. The molecule has 2 N–H and O–H groups in total. The first-order valence-corrected chi connectivity index (χ1v) is 4.99. The molecular weight excluding hydrogens is 204 g/mol. The van der Waals surface area contributed by atoms with Crippen LogP contribution in [0.25, 0.3) is 0 Å². The topological polar surface area (TPSA) is 50.4 Å². The molecule has 0 saturated heterocycles. The monoisotopic (exact) mass is 216 g/mol. The van der Waals surface area contributed by atoms with Gasteiger partial charge >= 0.3 is 0 Å². The summed E-state index contributed by atoms with van der Waals surface area (Å²) in [5, 5.41) is 5.80. The molecule has 0 radical (unpaired) electrons. The van der Waals surface area contributed by atoms with E-state index in [1.54, 1.807) is 13.0 Å². The van der Waals surface area contributed by atoms with Crippen molar-refractivity contribution in [1.82, 2.24) is 0 Å². The van der Waals surface area contributed by atoms with E-state index in [0.29, 0.717) is 18.0 Å². The van der Waals surface area contributed by atoms with Crippen LogP contribution < -0.4 is 15.4 Å². The molecule has 1 heterocycles. The molecule has 0 spiro atoms. The normalized spacial score (nSPS) is 17.8. The lowest BCUT2D eigenvalue weighted by Gasteiger charge is -2.23. The fraction of sp³-hybridized carbons (Fsp3) is 0.250. The minimum absolute atomic E-state index is 0.137. The molecule has 4 heteroatoms. The summed E-state index contributed by atoms with van der Waals surface area (Å²) in [6.45, 7) is 2.16. The number of terminal acetylenes is 1. The van der Waals surface area contributed by atoms with Crippen molar-refractivity contribution in [3.63, 3.8) is 0 Å². The predicted molar refractivity (Wildman–Crippen MR) is 62.5 cm³/mol. The van der Waals surface area contributed by atoms with Crippen molar-refractivity contribution in [2.75, 3.05) is 17.2 Å². The van der Waals surface area contributed by atoms with Crippen LogP contribution in [0.3, 0.4) is 0 Å². The van der Waals surface area contributed by atoms with Gasteiger partial charge in [0.2, 0.25) is 0 Å². The number of anilines is 2. The fourth-order valence-electron chi connectivity index (χ4n) is 1.47. The highest BCUT2D eigenvalue weighted by atomic mass is 16.5. The molecule has 4 nitrogen and oxygen atoms in total. The van der Waals surface area contributed by atoms with Crippen molar-refractivity contribution in [2.45, 2.75) is 13.0 Å². The van der Waals surface area contributed by atoms with Gasteiger partial charge in [-0.15, -0.1) is 6.42 Å². The van der Waals surface area contributed by atoms with Gasteiger partial charge < -0.3 is 15.4 Å². The first kappa shape index (κ1) is 10.4. The second-order valence-electron chi connectivity index (χ2n) is 3.52. The zero-order valence-corrected chi connectivity index (χ0v) is 8.91. The van der Waals surface area contributed by atoms with Crippen LogP contribution in [-0.2, 0) is 4.79 Å². The average molecular weight is 216 g/mol. The number of fused-ring (bicyclic) bond motifs is 1. The fourth-order valence-corrected chi connectivity index (χ4v) is 1.47. The van der Waals surface area contributed by atoms with E-state index in [1.165, 1.54) is 0 Å². The molecule has 82 valence electrons. The minimum Gasteiger partial charge on any atom is -0.479 e. The Bertz CT molecular complexity index is 463. The van der Waals surface area contributed by atoms with E-state index < -0.39 is 6.10 Å². The smallest absolute Gasteiger partial charge is 0.265 e. The summed E-state index contributed by atoms with van der Waals surface area (Å²) in [6, 6.07) is 5.47. The summed E-state index contributed by atoms with van der Waals surface area (Å²) in [5.41, 5.74) is 1.53. The van der Waals surface area contributed by atoms with Crippen LogP contribution in [0, 0.1) is 12.3 Å². The Labute approximate surface area is 94.0 Å². The zero-order chi connectivity index (χ0) is 11.5. The van der Waals surface area contributed by atoms with Gasteiger partial charge in [0.05, 0.1) is 12.2 Å². The lowest BCUT2D eigenvalue weighted by atomic mass is 10.2. The number of carbonyl (C=O) groups excluding carboxylic acids is 1. The standard InChI is InChI=1S/C12H12N2O2/c1-3-6-13-9-4-5-11-10(7-9)14-12(15)8(2)16-11/h1,4-5,7-8,13H,6H2,2H3,(H,14,15). The van der Waals surface area contributed by atoms with E-state index >= 15 is 0 Å². The molecule has 1 aliphatic rings. The van der Waals surface area contributed by atoms with Gasteiger partial charge in [0.25, 0.3) is 5.91 Å². The molecule has 0 fully saturated rings. The van der Waals surface area contributed by atoms with Gasteiger partial charge in [-0.2, -0.15) is 0 Å². The zero-order valence-electron chi connectivity index (χ0n) is 8.91. The van der Waals surface area contributed by atoms with Gasteiger partial charge in [0.15, 0.2) is 6.10 Å².